The summed E-state index contributed by atoms with van der Waals surface area (Å²) in [6, 6.07) is 18.4. The summed E-state index contributed by atoms with van der Waals surface area (Å²) in [5.41, 5.74) is -0.641. The van der Waals surface area contributed by atoms with Crippen LogP contribution in [-0.4, -0.2) is 16.9 Å². The molecule has 35 heavy (non-hydrogen) atoms. The van der Waals surface area contributed by atoms with Gasteiger partial charge in [0, 0.05) is 0 Å². The number of para-hydroxylation sites is 1. The van der Waals surface area contributed by atoms with Gasteiger partial charge in [0.1, 0.15) is 5.75 Å². The molecule has 0 fully saturated rings. The molecular weight excluding hydrogens is 459 g/mol. The third-order valence-corrected chi connectivity index (χ3v) is 5.16. The number of alkyl halides is 3. The van der Waals surface area contributed by atoms with E-state index in [0.717, 1.165) is 12.1 Å². The molecule has 1 heterocycles. The van der Waals surface area contributed by atoms with Gasteiger partial charge in [-0.15, -0.1) is 0 Å². The summed E-state index contributed by atoms with van der Waals surface area (Å²) in [5.74, 6) is 0.289. The first-order valence-corrected chi connectivity index (χ1v) is 10.3. The van der Waals surface area contributed by atoms with Crippen LogP contribution in [0.15, 0.2) is 71.5 Å². The molecule has 0 aliphatic heterocycles. The van der Waals surface area contributed by atoms with Gasteiger partial charge in [0.05, 0.1) is 40.6 Å². The van der Waals surface area contributed by atoms with Gasteiger partial charge < -0.3 is 9.47 Å². The summed E-state index contributed by atoms with van der Waals surface area (Å²) < 4.78 is 52.1. The number of nitriles is 1. The van der Waals surface area contributed by atoms with Crippen LogP contribution in [0.5, 0.6) is 17.2 Å². The van der Waals surface area contributed by atoms with Crippen LogP contribution in [0, 0.1) is 11.3 Å². The van der Waals surface area contributed by atoms with Crippen LogP contribution < -0.4 is 25.6 Å². The molecule has 0 atom stereocenters. The molecule has 1 aromatic heterocycles. The fraction of sp³-hybridized carbons (Fsp3) is 0.0769. The molecule has 9 heteroatoms. The molecule has 0 aliphatic carbocycles. The van der Waals surface area contributed by atoms with Crippen molar-refractivity contribution >= 4 is 12.7 Å². The zero-order chi connectivity index (χ0) is 25.2. The molecule has 0 aliphatic rings. The maximum atomic E-state index is 13.3. The van der Waals surface area contributed by atoms with Gasteiger partial charge in [-0.3, -0.25) is 9.89 Å². The van der Waals surface area contributed by atoms with Gasteiger partial charge in [0.15, 0.2) is 11.5 Å². The highest BCUT2D eigenvalue weighted by Crippen LogP contribution is 2.37. The summed E-state index contributed by atoms with van der Waals surface area (Å²) >= 11 is 0. The van der Waals surface area contributed by atoms with E-state index < -0.39 is 17.3 Å². The first-order chi connectivity index (χ1) is 16.7. The molecule has 0 unspecified atom stereocenters. The van der Waals surface area contributed by atoms with Gasteiger partial charge in [-0.1, -0.05) is 30.8 Å². The van der Waals surface area contributed by atoms with Gasteiger partial charge >= 0.3 is 6.18 Å². The summed E-state index contributed by atoms with van der Waals surface area (Å²) in [6.45, 7) is 3.90. The topological polar surface area (TPSA) is 80.0 Å². The number of nitrogens with one attached hydrogen (secondary N) is 1. The Balaban J connectivity index is 1.70. The van der Waals surface area contributed by atoms with E-state index in [9.17, 15) is 18.0 Å². The maximum Gasteiger partial charge on any atom is 0.417 e. The molecule has 4 rings (SSSR count). The van der Waals surface area contributed by atoms with Crippen molar-refractivity contribution in [2.24, 2.45) is 0 Å². The molecule has 0 bridgehead atoms. The molecule has 3 aromatic carbocycles. The fourth-order valence-corrected chi connectivity index (χ4v) is 3.47. The summed E-state index contributed by atoms with van der Waals surface area (Å²) in [7, 11) is 1.39. The van der Waals surface area contributed by atoms with E-state index in [4.69, 9.17) is 14.7 Å². The van der Waals surface area contributed by atoms with E-state index in [0.29, 0.717) is 21.8 Å². The van der Waals surface area contributed by atoms with Crippen molar-refractivity contribution in [3.63, 3.8) is 0 Å². The second-order valence-electron chi connectivity index (χ2n) is 7.45. The lowest BCUT2D eigenvalue weighted by atomic mass is 10.1. The zero-order valence-electron chi connectivity index (χ0n) is 18.4. The van der Waals surface area contributed by atoms with E-state index in [1.54, 1.807) is 30.3 Å². The van der Waals surface area contributed by atoms with Gasteiger partial charge in [-0.25, -0.2) is 4.68 Å². The van der Waals surface area contributed by atoms with E-state index in [2.05, 4.69) is 11.7 Å². The minimum Gasteiger partial charge on any atom is -0.493 e. The Morgan fingerprint density at radius 1 is 1.06 bits per heavy atom. The second kappa shape index (κ2) is 9.27. The third-order valence-electron chi connectivity index (χ3n) is 5.16. The SMILES string of the molecule is C=c1[nH]n(-c2ccccc2)c(=O)c1=Cc1ccc(Oc2ccc(C#N)c(C(F)(F)F)c2)c(OC)c1. The molecule has 0 saturated carbocycles. The van der Waals surface area contributed by atoms with Crippen LogP contribution in [0.4, 0.5) is 13.2 Å². The van der Waals surface area contributed by atoms with Crippen molar-refractivity contribution in [2.45, 2.75) is 6.18 Å². The Hall–Kier alpha value is -4.71. The van der Waals surface area contributed by atoms with Crippen LogP contribution in [0.2, 0.25) is 0 Å². The number of methoxy groups -OCH3 is 1. The normalized spacial score (nSPS) is 11.8. The zero-order valence-corrected chi connectivity index (χ0v) is 18.4. The highest BCUT2D eigenvalue weighted by Gasteiger charge is 2.34. The van der Waals surface area contributed by atoms with Gasteiger partial charge in [0.25, 0.3) is 5.56 Å². The Morgan fingerprint density at radius 2 is 1.80 bits per heavy atom. The van der Waals surface area contributed by atoms with E-state index >= 15 is 0 Å². The number of ether oxygens (including phenoxy) is 2. The highest BCUT2D eigenvalue weighted by atomic mass is 19.4. The number of rotatable bonds is 5. The Morgan fingerprint density at radius 3 is 2.46 bits per heavy atom. The first kappa shape index (κ1) is 23.4. The number of H-pyrrole nitrogens is 1. The first-order valence-electron chi connectivity index (χ1n) is 10.3. The molecular formula is C26H18F3N3O3. The van der Waals surface area contributed by atoms with E-state index in [1.807, 2.05) is 18.2 Å². The Labute approximate surface area is 197 Å². The lowest BCUT2D eigenvalue weighted by molar-refractivity contribution is -0.137. The molecule has 6 nitrogen and oxygen atoms in total. The third kappa shape index (κ3) is 4.82. The Bertz CT molecular complexity index is 1600. The predicted molar refractivity (Wildman–Crippen MR) is 124 cm³/mol. The molecule has 1 N–H and O–H groups in total. The van der Waals surface area contributed by atoms with Crippen LogP contribution in [0.3, 0.4) is 0 Å². The van der Waals surface area contributed by atoms with Gasteiger partial charge in [-0.05, 0) is 54.1 Å². The van der Waals surface area contributed by atoms with E-state index in [-0.39, 0.29) is 22.8 Å². The minimum absolute atomic E-state index is 0.109. The standard InChI is InChI=1S/C26H18F3N3O3/c1-16-21(25(33)32(31-16)19-6-4-3-5-7-19)12-17-8-11-23(24(13-17)34-2)35-20-10-9-18(15-30)22(14-20)26(27,28)29/h3-14,31H,1H2,2H3. The smallest absolute Gasteiger partial charge is 0.417 e. The lowest BCUT2D eigenvalue weighted by Crippen LogP contribution is -2.33. The van der Waals surface area contributed by atoms with Crippen LogP contribution in [-0.2, 0) is 6.18 Å². The molecule has 0 spiro atoms. The summed E-state index contributed by atoms with van der Waals surface area (Å²) in [5, 5.41) is 12.6. The van der Waals surface area contributed by atoms with Crippen molar-refractivity contribution in [1.29, 1.82) is 5.26 Å². The summed E-state index contributed by atoms with van der Waals surface area (Å²) in [4.78, 5) is 12.9. The largest absolute Gasteiger partial charge is 0.493 e. The monoisotopic (exact) mass is 477 g/mol. The second-order valence-corrected chi connectivity index (χ2v) is 7.45. The number of aromatic amines is 1. The minimum atomic E-state index is -4.71. The lowest BCUT2D eigenvalue weighted by Gasteiger charge is -2.14. The van der Waals surface area contributed by atoms with Crippen LogP contribution in [0.1, 0.15) is 16.7 Å². The van der Waals surface area contributed by atoms with Crippen molar-refractivity contribution < 1.29 is 22.6 Å². The maximum absolute atomic E-state index is 13.3. The Kier molecular flexibility index (Phi) is 6.21. The van der Waals surface area contributed by atoms with Crippen molar-refractivity contribution in [3.05, 3.63) is 104 Å². The van der Waals surface area contributed by atoms with Crippen molar-refractivity contribution in [1.82, 2.24) is 9.78 Å². The quantitative estimate of drug-likeness (QED) is 0.470. The molecule has 4 aromatic rings. The highest BCUT2D eigenvalue weighted by molar-refractivity contribution is 5.57. The average Bonchev–Trinajstić information content (AvgIpc) is 3.13. The van der Waals surface area contributed by atoms with Crippen LogP contribution in [0.25, 0.3) is 18.3 Å². The number of hydrogen-bond acceptors (Lipinski definition) is 4. The van der Waals surface area contributed by atoms with E-state index in [1.165, 1.54) is 30.0 Å². The van der Waals surface area contributed by atoms with Gasteiger partial charge in [-0.2, -0.15) is 18.4 Å². The molecule has 0 amide bonds. The van der Waals surface area contributed by atoms with Crippen molar-refractivity contribution in [3.8, 4) is 29.0 Å². The van der Waals surface area contributed by atoms with Crippen LogP contribution >= 0.6 is 0 Å². The number of aromatic nitrogens is 2. The van der Waals surface area contributed by atoms with Crippen molar-refractivity contribution in [2.75, 3.05) is 7.11 Å². The van der Waals surface area contributed by atoms with Gasteiger partial charge in [0.2, 0.25) is 0 Å². The molecule has 0 saturated heterocycles. The molecule has 0 radical (unpaired) electrons. The average molecular weight is 477 g/mol. The number of nitrogens with zero attached hydrogens (tertiary/aromatic N) is 2. The summed E-state index contributed by atoms with van der Waals surface area (Å²) in [6.07, 6.45) is -3.08. The predicted octanol–water partition coefficient (Wildman–Crippen LogP) is 4.10. The fourth-order valence-electron chi connectivity index (χ4n) is 3.47. The molecule has 176 valence electrons. The number of benzene rings is 3. The number of hydrogen-bond donors (Lipinski definition) is 1. The number of halogens is 3.